The summed E-state index contributed by atoms with van der Waals surface area (Å²) in [5.41, 5.74) is 3.87. The van der Waals surface area contributed by atoms with Crippen LogP contribution in [-0.4, -0.2) is 29.6 Å². The zero-order valence-electron chi connectivity index (χ0n) is 12.8. The average Bonchev–Trinajstić information content (AvgIpc) is 3.00. The molecular weight excluding hydrogens is 289 g/mol. The summed E-state index contributed by atoms with van der Waals surface area (Å²) >= 11 is 6.16. The summed E-state index contributed by atoms with van der Waals surface area (Å²) in [6.07, 6.45) is 4.17. The summed E-state index contributed by atoms with van der Waals surface area (Å²) in [5.74, 6) is 5.53. The molecule has 1 heterocycles. The number of hydrogen-bond donors (Lipinski definition) is 2. The SMILES string of the molecule is CCC(C)(C(Cc1ccc(F)cc1Cl)NN)N1CCCC1. The molecule has 2 atom stereocenters. The van der Waals surface area contributed by atoms with Gasteiger partial charge >= 0.3 is 0 Å². The van der Waals surface area contributed by atoms with Crippen LogP contribution in [0.15, 0.2) is 18.2 Å². The predicted octanol–water partition coefficient (Wildman–Crippen LogP) is 3.12. The molecule has 0 aromatic heterocycles. The molecule has 1 aromatic carbocycles. The third kappa shape index (κ3) is 3.57. The second-order valence-electron chi connectivity index (χ2n) is 6.06. The second-order valence-corrected chi connectivity index (χ2v) is 6.47. The first-order chi connectivity index (χ1) is 10.0. The van der Waals surface area contributed by atoms with Crippen molar-refractivity contribution < 1.29 is 4.39 Å². The van der Waals surface area contributed by atoms with Crippen molar-refractivity contribution in [1.29, 1.82) is 0 Å². The van der Waals surface area contributed by atoms with Crippen molar-refractivity contribution >= 4 is 11.6 Å². The average molecular weight is 314 g/mol. The molecule has 0 spiro atoms. The summed E-state index contributed by atoms with van der Waals surface area (Å²) in [4.78, 5) is 2.51. The highest BCUT2D eigenvalue weighted by Gasteiger charge is 2.39. The van der Waals surface area contributed by atoms with Gasteiger partial charge in [0.1, 0.15) is 5.82 Å². The zero-order valence-corrected chi connectivity index (χ0v) is 13.6. The van der Waals surface area contributed by atoms with E-state index in [2.05, 4.69) is 24.2 Å². The molecule has 0 bridgehead atoms. The van der Waals surface area contributed by atoms with Crippen molar-refractivity contribution in [3.05, 3.63) is 34.6 Å². The topological polar surface area (TPSA) is 41.3 Å². The fourth-order valence-electron chi connectivity index (χ4n) is 3.28. The Kier molecular flexibility index (Phi) is 5.60. The lowest BCUT2D eigenvalue weighted by Gasteiger charge is -2.44. The molecule has 1 aromatic rings. The van der Waals surface area contributed by atoms with Crippen LogP contribution in [0.2, 0.25) is 5.02 Å². The van der Waals surface area contributed by atoms with Gasteiger partial charge in [-0.15, -0.1) is 0 Å². The molecule has 0 saturated carbocycles. The van der Waals surface area contributed by atoms with Crippen molar-refractivity contribution in [2.24, 2.45) is 5.84 Å². The van der Waals surface area contributed by atoms with Crippen molar-refractivity contribution in [1.82, 2.24) is 10.3 Å². The quantitative estimate of drug-likeness (QED) is 0.626. The van der Waals surface area contributed by atoms with Gasteiger partial charge in [-0.25, -0.2) is 4.39 Å². The van der Waals surface area contributed by atoms with Crippen LogP contribution in [-0.2, 0) is 6.42 Å². The number of rotatable bonds is 6. The Morgan fingerprint density at radius 3 is 2.62 bits per heavy atom. The Balaban J connectivity index is 2.20. The molecule has 0 aliphatic carbocycles. The molecule has 3 nitrogen and oxygen atoms in total. The predicted molar refractivity (Wildman–Crippen MR) is 85.7 cm³/mol. The van der Waals surface area contributed by atoms with E-state index in [0.717, 1.165) is 25.1 Å². The van der Waals surface area contributed by atoms with E-state index in [9.17, 15) is 4.39 Å². The van der Waals surface area contributed by atoms with E-state index < -0.39 is 0 Å². The van der Waals surface area contributed by atoms with E-state index in [1.807, 2.05) is 0 Å². The van der Waals surface area contributed by atoms with Gasteiger partial charge in [0, 0.05) is 16.6 Å². The van der Waals surface area contributed by atoms with Gasteiger partial charge in [-0.05, 0) is 63.4 Å². The highest BCUT2D eigenvalue weighted by atomic mass is 35.5. The van der Waals surface area contributed by atoms with Crippen LogP contribution in [0.25, 0.3) is 0 Å². The third-order valence-corrected chi connectivity index (χ3v) is 5.29. The first kappa shape index (κ1) is 16.7. The highest BCUT2D eigenvalue weighted by Crippen LogP contribution is 2.30. The molecule has 118 valence electrons. The number of likely N-dealkylation sites (tertiary alicyclic amines) is 1. The van der Waals surface area contributed by atoms with Crippen molar-refractivity contribution in [3.8, 4) is 0 Å². The number of nitrogens with zero attached hydrogens (tertiary/aromatic N) is 1. The van der Waals surface area contributed by atoms with E-state index >= 15 is 0 Å². The highest BCUT2D eigenvalue weighted by molar-refractivity contribution is 6.31. The van der Waals surface area contributed by atoms with Gasteiger partial charge in [0.2, 0.25) is 0 Å². The van der Waals surface area contributed by atoms with E-state index in [4.69, 9.17) is 17.4 Å². The standard InChI is InChI=1S/C16H25ClFN3/c1-3-16(2,21-8-4-5-9-21)15(20-19)10-12-6-7-13(18)11-14(12)17/h6-7,11,15,20H,3-5,8-10,19H2,1-2H3. The molecule has 0 amide bonds. The van der Waals surface area contributed by atoms with Crippen LogP contribution < -0.4 is 11.3 Å². The van der Waals surface area contributed by atoms with E-state index in [1.165, 1.54) is 25.0 Å². The van der Waals surface area contributed by atoms with Crippen LogP contribution in [0.4, 0.5) is 4.39 Å². The number of halogens is 2. The zero-order chi connectivity index (χ0) is 15.5. The molecule has 2 unspecified atom stereocenters. The Morgan fingerprint density at radius 1 is 1.43 bits per heavy atom. The normalized spacial score (nSPS) is 20.4. The summed E-state index contributed by atoms with van der Waals surface area (Å²) < 4.78 is 13.2. The number of nitrogens with one attached hydrogen (secondary N) is 1. The summed E-state index contributed by atoms with van der Waals surface area (Å²) in [7, 11) is 0. The van der Waals surface area contributed by atoms with Crippen LogP contribution in [0.1, 0.15) is 38.7 Å². The van der Waals surface area contributed by atoms with Crippen molar-refractivity contribution in [2.45, 2.75) is 51.1 Å². The van der Waals surface area contributed by atoms with Gasteiger partial charge in [0.15, 0.2) is 0 Å². The fraction of sp³-hybridized carbons (Fsp3) is 0.625. The van der Waals surface area contributed by atoms with Crippen LogP contribution >= 0.6 is 11.6 Å². The number of benzene rings is 1. The molecule has 3 N–H and O–H groups in total. The van der Waals surface area contributed by atoms with Crippen LogP contribution in [0, 0.1) is 5.82 Å². The van der Waals surface area contributed by atoms with Gasteiger partial charge in [0.25, 0.3) is 0 Å². The lowest BCUT2D eigenvalue weighted by atomic mass is 9.84. The monoisotopic (exact) mass is 313 g/mol. The van der Waals surface area contributed by atoms with Crippen molar-refractivity contribution in [3.63, 3.8) is 0 Å². The number of nitrogens with two attached hydrogens (primary N) is 1. The molecule has 0 radical (unpaired) electrons. The Morgan fingerprint density at radius 2 is 2.10 bits per heavy atom. The lowest BCUT2D eigenvalue weighted by Crippen LogP contribution is -2.61. The molecule has 21 heavy (non-hydrogen) atoms. The van der Waals surface area contributed by atoms with Crippen molar-refractivity contribution in [2.75, 3.05) is 13.1 Å². The van der Waals surface area contributed by atoms with E-state index in [0.29, 0.717) is 11.4 Å². The summed E-state index contributed by atoms with van der Waals surface area (Å²) in [6.45, 7) is 6.66. The molecule has 5 heteroatoms. The van der Waals surface area contributed by atoms with Gasteiger partial charge in [-0.2, -0.15) is 0 Å². The molecular formula is C16H25ClFN3. The lowest BCUT2D eigenvalue weighted by molar-refractivity contribution is 0.0841. The van der Waals surface area contributed by atoms with Gasteiger partial charge in [-0.3, -0.25) is 16.2 Å². The first-order valence-corrected chi connectivity index (χ1v) is 8.04. The maximum Gasteiger partial charge on any atom is 0.124 e. The van der Waals surface area contributed by atoms with Crippen LogP contribution in [0.5, 0.6) is 0 Å². The van der Waals surface area contributed by atoms with Crippen LogP contribution in [0.3, 0.4) is 0 Å². The van der Waals surface area contributed by atoms with Gasteiger partial charge in [0.05, 0.1) is 0 Å². The van der Waals surface area contributed by atoms with E-state index in [-0.39, 0.29) is 17.4 Å². The summed E-state index contributed by atoms with van der Waals surface area (Å²) in [5, 5.41) is 0.468. The minimum absolute atomic E-state index is 0.0248. The third-order valence-electron chi connectivity index (χ3n) is 4.94. The Labute approximate surface area is 131 Å². The maximum absolute atomic E-state index is 13.2. The number of hydrazine groups is 1. The fourth-order valence-corrected chi connectivity index (χ4v) is 3.53. The molecule has 1 aliphatic heterocycles. The van der Waals surface area contributed by atoms with Gasteiger partial charge < -0.3 is 0 Å². The van der Waals surface area contributed by atoms with Gasteiger partial charge in [-0.1, -0.05) is 24.6 Å². The second kappa shape index (κ2) is 7.05. The van der Waals surface area contributed by atoms with E-state index in [1.54, 1.807) is 6.07 Å². The Bertz CT molecular complexity index is 477. The Hall–Kier alpha value is -0.680. The molecule has 1 aliphatic rings. The minimum atomic E-state index is -0.307. The smallest absolute Gasteiger partial charge is 0.124 e. The maximum atomic E-state index is 13.2. The molecule has 2 rings (SSSR count). The summed E-state index contributed by atoms with van der Waals surface area (Å²) in [6, 6.07) is 4.64. The molecule has 1 saturated heterocycles. The largest absolute Gasteiger partial charge is 0.296 e. The molecule has 1 fully saturated rings. The first-order valence-electron chi connectivity index (χ1n) is 7.66. The number of hydrogen-bond acceptors (Lipinski definition) is 3. The minimum Gasteiger partial charge on any atom is -0.296 e.